The van der Waals surface area contributed by atoms with Crippen LogP contribution >= 0.6 is 23.2 Å². The molecule has 0 unspecified atom stereocenters. The van der Waals surface area contributed by atoms with Gasteiger partial charge in [0.05, 0.1) is 11.2 Å². The van der Waals surface area contributed by atoms with Gasteiger partial charge in [-0.1, -0.05) is 41.4 Å². The molecule has 0 atom stereocenters. The molecule has 25 heavy (non-hydrogen) atoms. The highest BCUT2D eigenvalue weighted by Crippen LogP contribution is 2.31. The molecule has 0 aliphatic carbocycles. The summed E-state index contributed by atoms with van der Waals surface area (Å²) in [5.41, 5.74) is 4.63. The summed E-state index contributed by atoms with van der Waals surface area (Å²) in [5.74, 6) is 0.773. The normalized spacial score (nSPS) is 11.0. The first kappa shape index (κ1) is 17.3. The molecule has 1 heterocycles. The number of rotatable bonds is 4. The molecule has 0 saturated heterocycles. The van der Waals surface area contributed by atoms with Crippen molar-refractivity contribution in [2.75, 3.05) is 0 Å². The number of hydrogen-bond donors (Lipinski definition) is 1. The summed E-state index contributed by atoms with van der Waals surface area (Å²) in [4.78, 5) is 12.1. The monoisotopic (exact) mass is 372 g/mol. The first-order valence-corrected chi connectivity index (χ1v) is 8.24. The summed E-state index contributed by atoms with van der Waals surface area (Å²) < 4.78 is 5.67. The quantitative estimate of drug-likeness (QED) is 0.497. The van der Waals surface area contributed by atoms with Gasteiger partial charge in [-0.15, -0.1) is 0 Å². The van der Waals surface area contributed by atoms with E-state index in [0.29, 0.717) is 32.7 Å². The van der Waals surface area contributed by atoms with E-state index in [1.54, 1.807) is 42.5 Å². The molecule has 0 radical (unpaired) electrons. The summed E-state index contributed by atoms with van der Waals surface area (Å²) in [6.07, 6.45) is 1.43. The van der Waals surface area contributed by atoms with E-state index in [9.17, 15) is 4.79 Å². The summed E-state index contributed by atoms with van der Waals surface area (Å²) in [7, 11) is 0. The highest BCUT2D eigenvalue weighted by atomic mass is 35.5. The van der Waals surface area contributed by atoms with Crippen LogP contribution in [0.15, 0.2) is 64.1 Å². The lowest BCUT2D eigenvalue weighted by molar-refractivity contribution is 0.0954. The molecule has 4 nitrogen and oxygen atoms in total. The van der Waals surface area contributed by atoms with Crippen LogP contribution in [0.2, 0.25) is 10.0 Å². The zero-order valence-electron chi connectivity index (χ0n) is 13.3. The average Bonchev–Trinajstić information content (AvgIpc) is 3.06. The van der Waals surface area contributed by atoms with Crippen LogP contribution in [0.3, 0.4) is 0 Å². The maximum absolute atomic E-state index is 12.1. The van der Waals surface area contributed by atoms with Crippen LogP contribution in [0.25, 0.3) is 11.3 Å². The lowest BCUT2D eigenvalue weighted by Gasteiger charge is -2.02. The second kappa shape index (κ2) is 7.55. The van der Waals surface area contributed by atoms with Gasteiger partial charge in [-0.2, -0.15) is 5.10 Å². The molecule has 3 rings (SSSR count). The van der Waals surface area contributed by atoms with Gasteiger partial charge in [0, 0.05) is 16.1 Å². The molecule has 1 N–H and O–H groups in total. The van der Waals surface area contributed by atoms with E-state index in [1.165, 1.54) is 6.21 Å². The maximum Gasteiger partial charge on any atom is 0.271 e. The Morgan fingerprint density at radius 2 is 1.92 bits per heavy atom. The molecule has 126 valence electrons. The molecule has 0 aliphatic rings. The first-order valence-electron chi connectivity index (χ1n) is 7.49. The predicted molar refractivity (Wildman–Crippen MR) is 100 cm³/mol. The van der Waals surface area contributed by atoms with Crippen LogP contribution < -0.4 is 5.43 Å². The molecule has 1 aromatic heterocycles. The second-order valence-corrected chi connectivity index (χ2v) is 6.18. The molecular formula is C19H14Cl2N2O2. The van der Waals surface area contributed by atoms with Gasteiger partial charge in [0.1, 0.15) is 11.5 Å². The van der Waals surface area contributed by atoms with Crippen LogP contribution in [0.5, 0.6) is 0 Å². The Labute approximate surface area is 155 Å². The van der Waals surface area contributed by atoms with Crippen LogP contribution in [0, 0.1) is 6.92 Å². The smallest absolute Gasteiger partial charge is 0.271 e. The standard InChI is InChI=1S/C19H14Cl2N2O2/c1-12-4-2-3-5-15(12)19(24)23-22-11-14-7-9-18(25-14)16-10-13(20)6-8-17(16)21/h2-11H,1H3,(H,23,24)/b22-11-. The van der Waals surface area contributed by atoms with Crippen LogP contribution in [0.1, 0.15) is 21.7 Å². The maximum atomic E-state index is 12.1. The Morgan fingerprint density at radius 3 is 2.72 bits per heavy atom. The highest BCUT2D eigenvalue weighted by molar-refractivity contribution is 6.35. The Bertz CT molecular complexity index is 948. The van der Waals surface area contributed by atoms with E-state index in [0.717, 1.165) is 5.56 Å². The third kappa shape index (κ3) is 4.10. The van der Waals surface area contributed by atoms with Gasteiger partial charge in [-0.3, -0.25) is 4.79 Å². The molecule has 0 fully saturated rings. The van der Waals surface area contributed by atoms with Crippen molar-refractivity contribution < 1.29 is 9.21 Å². The Hall–Kier alpha value is -2.56. The number of nitrogens with one attached hydrogen (secondary N) is 1. The predicted octanol–water partition coefficient (Wildman–Crippen LogP) is 5.33. The molecule has 0 aliphatic heterocycles. The number of hydrazone groups is 1. The van der Waals surface area contributed by atoms with Crippen molar-refractivity contribution in [3.05, 3.63) is 81.5 Å². The van der Waals surface area contributed by atoms with E-state index in [-0.39, 0.29) is 5.91 Å². The number of amides is 1. The zero-order chi connectivity index (χ0) is 17.8. The lowest BCUT2D eigenvalue weighted by Crippen LogP contribution is -2.18. The number of carbonyl (C=O) groups excluding carboxylic acids is 1. The largest absolute Gasteiger partial charge is 0.455 e. The van der Waals surface area contributed by atoms with Gasteiger partial charge in [0.2, 0.25) is 0 Å². The number of nitrogens with zero attached hydrogens (tertiary/aromatic N) is 1. The van der Waals surface area contributed by atoms with Gasteiger partial charge in [-0.25, -0.2) is 5.43 Å². The average molecular weight is 373 g/mol. The number of aryl methyl sites for hydroxylation is 1. The number of benzene rings is 2. The molecule has 3 aromatic rings. The van der Waals surface area contributed by atoms with Gasteiger partial charge < -0.3 is 4.42 Å². The number of carbonyl (C=O) groups is 1. The van der Waals surface area contributed by atoms with Gasteiger partial charge >= 0.3 is 0 Å². The van der Waals surface area contributed by atoms with Crippen molar-refractivity contribution in [3.8, 4) is 11.3 Å². The third-order valence-electron chi connectivity index (χ3n) is 3.57. The Balaban J connectivity index is 1.71. The summed E-state index contributed by atoms with van der Waals surface area (Å²) >= 11 is 12.1. The van der Waals surface area contributed by atoms with E-state index in [2.05, 4.69) is 10.5 Å². The Kier molecular flexibility index (Phi) is 5.22. The van der Waals surface area contributed by atoms with Crippen molar-refractivity contribution in [1.82, 2.24) is 5.43 Å². The van der Waals surface area contributed by atoms with Crippen LogP contribution in [-0.4, -0.2) is 12.1 Å². The van der Waals surface area contributed by atoms with Crippen molar-refractivity contribution >= 4 is 35.3 Å². The molecule has 2 aromatic carbocycles. The lowest BCUT2D eigenvalue weighted by atomic mass is 10.1. The van der Waals surface area contributed by atoms with Gasteiger partial charge in [0.15, 0.2) is 0 Å². The van der Waals surface area contributed by atoms with Crippen molar-refractivity contribution in [2.45, 2.75) is 6.92 Å². The summed E-state index contributed by atoms with van der Waals surface area (Å²) in [6, 6.07) is 15.9. The van der Waals surface area contributed by atoms with E-state index in [1.807, 2.05) is 19.1 Å². The van der Waals surface area contributed by atoms with E-state index >= 15 is 0 Å². The minimum Gasteiger partial charge on any atom is -0.455 e. The van der Waals surface area contributed by atoms with Gasteiger partial charge in [-0.05, 0) is 48.9 Å². The number of halogens is 2. The first-order chi connectivity index (χ1) is 12.0. The van der Waals surface area contributed by atoms with Gasteiger partial charge in [0.25, 0.3) is 5.91 Å². The molecule has 6 heteroatoms. The number of furan rings is 1. The minimum atomic E-state index is -0.279. The van der Waals surface area contributed by atoms with Crippen LogP contribution in [-0.2, 0) is 0 Å². The van der Waals surface area contributed by atoms with Crippen molar-refractivity contribution in [3.63, 3.8) is 0 Å². The van der Waals surface area contributed by atoms with Crippen molar-refractivity contribution in [2.24, 2.45) is 5.10 Å². The van der Waals surface area contributed by atoms with E-state index < -0.39 is 0 Å². The van der Waals surface area contributed by atoms with E-state index in [4.69, 9.17) is 27.6 Å². The fraction of sp³-hybridized carbons (Fsp3) is 0.0526. The van der Waals surface area contributed by atoms with Crippen molar-refractivity contribution in [1.29, 1.82) is 0 Å². The SMILES string of the molecule is Cc1ccccc1C(=O)N/N=C\c1ccc(-c2cc(Cl)ccc2Cl)o1. The highest BCUT2D eigenvalue weighted by Gasteiger charge is 2.09. The topological polar surface area (TPSA) is 54.6 Å². The van der Waals surface area contributed by atoms with Crippen LogP contribution in [0.4, 0.5) is 0 Å². The second-order valence-electron chi connectivity index (χ2n) is 5.34. The number of hydrogen-bond acceptors (Lipinski definition) is 3. The summed E-state index contributed by atoms with van der Waals surface area (Å²) in [6.45, 7) is 1.87. The minimum absolute atomic E-state index is 0.279. The molecule has 1 amide bonds. The fourth-order valence-electron chi connectivity index (χ4n) is 2.30. The molecular weight excluding hydrogens is 359 g/mol. The fourth-order valence-corrected chi connectivity index (χ4v) is 2.68. The molecule has 0 bridgehead atoms. The molecule has 0 saturated carbocycles. The Morgan fingerprint density at radius 1 is 1.12 bits per heavy atom. The zero-order valence-corrected chi connectivity index (χ0v) is 14.8. The third-order valence-corrected chi connectivity index (χ3v) is 4.13. The molecule has 0 spiro atoms. The summed E-state index contributed by atoms with van der Waals surface area (Å²) in [5, 5.41) is 5.03.